The minimum Gasteiger partial charge on any atom is -0.381 e. The molecule has 3 nitrogen and oxygen atoms in total. The highest BCUT2D eigenvalue weighted by molar-refractivity contribution is 7.09. The lowest BCUT2D eigenvalue weighted by Crippen LogP contribution is -2.01. The van der Waals surface area contributed by atoms with Crippen LogP contribution in [0.5, 0.6) is 0 Å². The number of aryl methyl sites for hydroxylation is 1. The molecule has 1 aliphatic rings. The molecule has 4 heteroatoms. The Balaban J connectivity index is 1.94. The van der Waals surface area contributed by atoms with Crippen molar-refractivity contribution < 1.29 is 4.74 Å². The van der Waals surface area contributed by atoms with Crippen molar-refractivity contribution in [3.63, 3.8) is 0 Å². The first-order valence-corrected chi connectivity index (χ1v) is 6.00. The van der Waals surface area contributed by atoms with Crippen molar-refractivity contribution in [1.82, 2.24) is 4.98 Å². The minimum absolute atomic E-state index is 0.540. The monoisotopic (exact) mass is 212 g/mol. The Labute approximate surface area is 88.3 Å². The summed E-state index contributed by atoms with van der Waals surface area (Å²) in [5.74, 6) is 0.540. The first-order chi connectivity index (χ1) is 6.90. The second kappa shape index (κ2) is 4.87. The second-order valence-corrected chi connectivity index (χ2v) is 4.56. The summed E-state index contributed by atoms with van der Waals surface area (Å²) in [5.41, 5.74) is 6.68. The van der Waals surface area contributed by atoms with Gasteiger partial charge >= 0.3 is 0 Å². The largest absolute Gasteiger partial charge is 0.381 e. The lowest BCUT2D eigenvalue weighted by molar-refractivity contribution is 0.193. The molecular weight excluding hydrogens is 196 g/mol. The van der Waals surface area contributed by atoms with Gasteiger partial charge in [-0.3, -0.25) is 0 Å². The van der Waals surface area contributed by atoms with E-state index >= 15 is 0 Å². The normalized spacial score (nSPS) is 21.6. The Kier molecular flexibility index (Phi) is 3.50. The molecule has 2 rings (SSSR count). The Bertz CT molecular complexity index is 281. The van der Waals surface area contributed by atoms with Crippen LogP contribution >= 0.6 is 11.3 Å². The zero-order chi connectivity index (χ0) is 9.80. The summed E-state index contributed by atoms with van der Waals surface area (Å²) in [5, 5.41) is 3.39. The van der Waals surface area contributed by atoms with E-state index in [4.69, 9.17) is 10.5 Å². The van der Waals surface area contributed by atoms with E-state index < -0.39 is 0 Å². The smallest absolute Gasteiger partial charge is 0.0928 e. The van der Waals surface area contributed by atoms with Gasteiger partial charge in [0.15, 0.2) is 0 Å². The van der Waals surface area contributed by atoms with E-state index in [1.54, 1.807) is 11.3 Å². The predicted molar refractivity (Wildman–Crippen MR) is 57.7 cm³/mol. The van der Waals surface area contributed by atoms with Crippen molar-refractivity contribution in [2.45, 2.75) is 25.2 Å². The van der Waals surface area contributed by atoms with Crippen LogP contribution in [-0.2, 0) is 11.2 Å². The summed E-state index contributed by atoms with van der Waals surface area (Å²) in [7, 11) is 0. The molecule has 0 bridgehead atoms. The molecule has 2 heterocycles. The van der Waals surface area contributed by atoms with Crippen LogP contribution in [0.3, 0.4) is 0 Å². The molecule has 0 radical (unpaired) electrons. The fraction of sp³-hybridized carbons (Fsp3) is 0.700. The summed E-state index contributed by atoms with van der Waals surface area (Å²) >= 11 is 1.75. The Morgan fingerprint density at radius 3 is 3.29 bits per heavy atom. The third-order valence-corrected chi connectivity index (χ3v) is 3.44. The summed E-state index contributed by atoms with van der Waals surface area (Å²) in [6.45, 7) is 2.49. The topological polar surface area (TPSA) is 48.1 Å². The van der Waals surface area contributed by atoms with Crippen LogP contribution in [0.1, 0.15) is 29.5 Å². The van der Waals surface area contributed by atoms with Gasteiger partial charge in [0.1, 0.15) is 0 Å². The molecule has 0 aromatic carbocycles. The Morgan fingerprint density at radius 2 is 2.57 bits per heavy atom. The standard InChI is InChI=1S/C10H16N2OS/c11-4-1-2-10-12-9(7-14-10)8-3-5-13-6-8/h7-8H,1-6,11H2. The van der Waals surface area contributed by atoms with Crippen LogP contribution in [0.4, 0.5) is 0 Å². The van der Waals surface area contributed by atoms with E-state index in [1.165, 1.54) is 10.7 Å². The lowest BCUT2D eigenvalue weighted by Gasteiger charge is -2.01. The molecular formula is C10H16N2OS. The van der Waals surface area contributed by atoms with E-state index in [1.807, 2.05) is 0 Å². The van der Waals surface area contributed by atoms with Gasteiger partial charge < -0.3 is 10.5 Å². The van der Waals surface area contributed by atoms with E-state index in [9.17, 15) is 0 Å². The zero-order valence-electron chi connectivity index (χ0n) is 8.24. The number of hydrogen-bond donors (Lipinski definition) is 1. The van der Waals surface area contributed by atoms with Gasteiger partial charge in [-0.1, -0.05) is 0 Å². The molecule has 1 aliphatic heterocycles. The maximum absolute atomic E-state index is 5.46. The first-order valence-electron chi connectivity index (χ1n) is 5.12. The van der Waals surface area contributed by atoms with Gasteiger partial charge in [-0.2, -0.15) is 0 Å². The maximum Gasteiger partial charge on any atom is 0.0928 e. The molecule has 14 heavy (non-hydrogen) atoms. The van der Waals surface area contributed by atoms with Crippen LogP contribution in [0.2, 0.25) is 0 Å². The number of nitrogens with zero attached hydrogens (tertiary/aromatic N) is 1. The third kappa shape index (κ3) is 2.32. The van der Waals surface area contributed by atoms with Gasteiger partial charge in [-0.25, -0.2) is 4.98 Å². The SMILES string of the molecule is NCCCc1nc(C2CCOC2)cs1. The van der Waals surface area contributed by atoms with E-state index in [2.05, 4.69) is 10.4 Å². The lowest BCUT2D eigenvalue weighted by atomic mass is 10.1. The van der Waals surface area contributed by atoms with Crippen LogP contribution in [0, 0.1) is 0 Å². The number of nitrogens with two attached hydrogens (primary N) is 1. The van der Waals surface area contributed by atoms with Crippen molar-refractivity contribution in [1.29, 1.82) is 0 Å². The Morgan fingerprint density at radius 1 is 1.64 bits per heavy atom. The fourth-order valence-corrected chi connectivity index (χ4v) is 2.57. The van der Waals surface area contributed by atoms with E-state index in [0.29, 0.717) is 5.92 Å². The van der Waals surface area contributed by atoms with Crippen LogP contribution in [0.15, 0.2) is 5.38 Å². The molecule has 0 amide bonds. The summed E-state index contributed by atoms with van der Waals surface area (Å²) in [6, 6.07) is 0. The molecule has 1 aromatic rings. The molecule has 1 aromatic heterocycles. The van der Waals surface area contributed by atoms with Crippen LogP contribution in [-0.4, -0.2) is 24.7 Å². The van der Waals surface area contributed by atoms with Gasteiger partial charge in [-0.05, 0) is 19.4 Å². The molecule has 1 saturated heterocycles. The maximum atomic E-state index is 5.46. The third-order valence-electron chi connectivity index (χ3n) is 2.51. The number of hydrogen-bond acceptors (Lipinski definition) is 4. The van der Waals surface area contributed by atoms with E-state index in [-0.39, 0.29) is 0 Å². The second-order valence-electron chi connectivity index (χ2n) is 3.62. The molecule has 1 unspecified atom stereocenters. The summed E-state index contributed by atoms with van der Waals surface area (Å²) in [4.78, 5) is 4.61. The van der Waals surface area contributed by atoms with Gasteiger partial charge in [0.25, 0.3) is 0 Å². The van der Waals surface area contributed by atoms with Crippen molar-refractivity contribution >= 4 is 11.3 Å². The van der Waals surface area contributed by atoms with Gasteiger partial charge in [0.05, 0.1) is 17.3 Å². The van der Waals surface area contributed by atoms with Crippen LogP contribution in [0.25, 0.3) is 0 Å². The molecule has 1 fully saturated rings. The van der Waals surface area contributed by atoms with Gasteiger partial charge in [-0.15, -0.1) is 11.3 Å². The highest BCUT2D eigenvalue weighted by Gasteiger charge is 2.20. The quantitative estimate of drug-likeness (QED) is 0.823. The average Bonchev–Trinajstić information content (AvgIpc) is 2.85. The first kappa shape index (κ1) is 10.1. The highest BCUT2D eigenvalue weighted by Crippen LogP contribution is 2.26. The molecule has 1 atom stereocenters. The summed E-state index contributed by atoms with van der Waals surface area (Å²) < 4.78 is 5.35. The zero-order valence-corrected chi connectivity index (χ0v) is 9.05. The van der Waals surface area contributed by atoms with Gasteiger partial charge in [0.2, 0.25) is 0 Å². The molecule has 2 N–H and O–H groups in total. The molecule has 0 saturated carbocycles. The van der Waals surface area contributed by atoms with Crippen molar-refractivity contribution in [3.05, 3.63) is 16.1 Å². The van der Waals surface area contributed by atoms with E-state index in [0.717, 1.165) is 39.0 Å². The van der Waals surface area contributed by atoms with Crippen molar-refractivity contribution in [3.8, 4) is 0 Å². The number of rotatable bonds is 4. The van der Waals surface area contributed by atoms with Crippen molar-refractivity contribution in [2.75, 3.05) is 19.8 Å². The molecule has 78 valence electrons. The highest BCUT2D eigenvalue weighted by atomic mass is 32.1. The number of thiazole rings is 1. The predicted octanol–water partition coefficient (Wildman–Crippen LogP) is 1.54. The Hall–Kier alpha value is -0.450. The number of ether oxygens (including phenoxy) is 1. The summed E-state index contributed by atoms with van der Waals surface area (Å²) in [6.07, 6.45) is 3.18. The molecule has 0 aliphatic carbocycles. The minimum atomic E-state index is 0.540. The average molecular weight is 212 g/mol. The fourth-order valence-electron chi connectivity index (χ4n) is 1.65. The van der Waals surface area contributed by atoms with Gasteiger partial charge in [0, 0.05) is 24.3 Å². The number of aromatic nitrogens is 1. The van der Waals surface area contributed by atoms with Crippen LogP contribution < -0.4 is 5.73 Å². The molecule has 0 spiro atoms. The van der Waals surface area contributed by atoms with Crippen molar-refractivity contribution in [2.24, 2.45) is 5.73 Å².